The second kappa shape index (κ2) is 9.15. The molecule has 0 saturated carbocycles. The van der Waals surface area contributed by atoms with E-state index in [9.17, 15) is 17.6 Å². The first-order valence-corrected chi connectivity index (χ1v) is 10.8. The number of amides is 1. The number of rotatable bonds is 7. The van der Waals surface area contributed by atoms with Crippen LogP contribution in [0.2, 0.25) is 5.02 Å². The second-order valence-electron chi connectivity index (χ2n) is 6.17. The van der Waals surface area contributed by atoms with Gasteiger partial charge >= 0.3 is 0 Å². The van der Waals surface area contributed by atoms with Gasteiger partial charge in [-0.15, -0.1) is 0 Å². The van der Waals surface area contributed by atoms with Crippen molar-refractivity contribution in [1.29, 1.82) is 0 Å². The summed E-state index contributed by atoms with van der Waals surface area (Å²) in [6.07, 6.45) is 0. The molecule has 3 rings (SSSR count). The molecule has 1 amide bonds. The average molecular weight is 449 g/mol. The summed E-state index contributed by atoms with van der Waals surface area (Å²) in [7, 11) is -4.06. The molecule has 3 aromatic rings. The maximum atomic E-state index is 13.0. The molecular formula is C21H18ClFN2O4S. The molecule has 0 spiro atoms. The minimum atomic E-state index is -4.06. The third kappa shape index (κ3) is 5.28. The van der Waals surface area contributed by atoms with Gasteiger partial charge in [0.1, 0.15) is 16.5 Å². The smallest absolute Gasteiger partial charge is 0.263 e. The van der Waals surface area contributed by atoms with E-state index in [1.165, 1.54) is 42.5 Å². The van der Waals surface area contributed by atoms with E-state index in [1.54, 1.807) is 24.3 Å². The topological polar surface area (TPSA) is 84.5 Å². The number of sulfonamides is 1. The van der Waals surface area contributed by atoms with Crippen molar-refractivity contribution in [2.75, 3.05) is 16.6 Å². The Morgan fingerprint density at radius 1 is 1.00 bits per heavy atom. The lowest BCUT2D eigenvalue weighted by Gasteiger charge is -2.12. The molecule has 0 atom stereocenters. The van der Waals surface area contributed by atoms with Gasteiger partial charge in [-0.2, -0.15) is 0 Å². The van der Waals surface area contributed by atoms with Crippen molar-refractivity contribution in [3.63, 3.8) is 0 Å². The molecule has 0 aliphatic rings. The Morgan fingerprint density at radius 3 is 2.27 bits per heavy atom. The van der Waals surface area contributed by atoms with E-state index < -0.39 is 21.7 Å². The van der Waals surface area contributed by atoms with Crippen LogP contribution in [0.3, 0.4) is 0 Å². The zero-order valence-corrected chi connectivity index (χ0v) is 17.4. The summed E-state index contributed by atoms with van der Waals surface area (Å²) in [5, 5.41) is 2.54. The Morgan fingerprint density at radius 2 is 1.63 bits per heavy atom. The first-order valence-electron chi connectivity index (χ1n) is 8.90. The molecule has 156 valence electrons. The van der Waals surface area contributed by atoms with Crippen molar-refractivity contribution in [2.45, 2.75) is 11.8 Å². The van der Waals surface area contributed by atoms with Crippen LogP contribution in [0.1, 0.15) is 17.3 Å². The maximum absolute atomic E-state index is 13.0. The Bertz CT molecular complexity index is 1150. The molecule has 2 N–H and O–H groups in total. The van der Waals surface area contributed by atoms with E-state index >= 15 is 0 Å². The van der Waals surface area contributed by atoms with Crippen molar-refractivity contribution in [1.82, 2.24) is 0 Å². The van der Waals surface area contributed by atoms with E-state index in [4.69, 9.17) is 16.3 Å². The number of carbonyl (C=O) groups excluding carboxylic acids is 1. The number of ether oxygens (including phenoxy) is 1. The highest BCUT2D eigenvalue weighted by atomic mass is 35.5. The molecule has 3 aromatic carbocycles. The Labute approximate surface area is 178 Å². The van der Waals surface area contributed by atoms with Crippen LogP contribution in [0, 0.1) is 5.82 Å². The second-order valence-corrected chi connectivity index (χ2v) is 8.23. The van der Waals surface area contributed by atoms with E-state index in [1.807, 2.05) is 6.92 Å². The van der Waals surface area contributed by atoms with Crippen molar-refractivity contribution in [3.8, 4) is 5.75 Å². The number of anilines is 2. The Hall–Kier alpha value is -3.10. The average Bonchev–Trinajstić information content (AvgIpc) is 2.71. The molecule has 0 heterocycles. The van der Waals surface area contributed by atoms with Gasteiger partial charge in [0, 0.05) is 16.9 Å². The van der Waals surface area contributed by atoms with Gasteiger partial charge in [0.15, 0.2) is 0 Å². The van der Waals surface area contributed by atoms with Crippen LogP contribution in [-0.2, 0) is 10.0 Å². The fraction of sp³-hybridized carbons (Fsp3) is 0.0952. The number of hydrogen-bond donors (Lipinski definition) is 2. The lowest BCUT2D eigenvalue weighted by molar-refractivity contribution is 0.102. The highest BCUT2D eigenvalue weighted by Gasteiger charge is 2.20. The van der Waals surface area contributed by atoms with Crippen LogP contribution >= 0.6 is 11.6 Å². The van der Waals surface area contributed by atoms with Crippen molar-refractivity contribution < 1.29 is 22.3 Å². The summed E-state index contributed by atoms with van der Waals surface area (Å²) in [5.41, 5.74) is 0.764. The van der Waals surface area contributed by atoms with Gasteiger partial charge in [-0.3, -0.25) is 9.52 Å². The summed E-state index contributed by atoms with van der Waals surface area (Å²) < 4.78 is 46.4. The predicted octanol–water partition coefficient (Wildman–Crippen LogP) is 4.93. The molecule has 0 saturated heterocycles. The van der Waals surface area contributed by atoms with Gasteiger partial charge in [-0.25, -0.2) is 12.8 Å². The van der Waals surface area contributed by atoms with Crippen LogP contribution in [0.25, 0.3) is 0 Å². The van der Waals surface area contributed by atoms with Gasteiger partial charge in [-0.05, 0) is 73.7 Å². The fourth-order valence-electron chi connectivity index (χ4n) is 2.58. The molecule has 9 heteroatoms. The SMILES string of the molecule is CCOc1ccc(NS(=O)(=O)c2cc(C(=O)Nc3ccc(F)cc3)ccc2Cl)cc1. The summed E-state index contributed by atoms with van der Waals surface area (Å²) in [6, 6.07) is 15.5. The third-order valence-corrected chi connectivity index (χ3v) is 5.87. The molecule has 0 unspecified atom stereocenters. The van der Waals surface area contributed by atoms with E-state index in [0.29, 0.717) is 23.7 Å². The van der Waals surface area contributed by atoms with Gasteiger partial charge in [-0.1, -0.05) is 11.6 Å². The van der Waals surface area contributed by atoms with E-state index in [-0.39, 0.29) is 15.5 Å². The predicted molar refractivity (Wildman–Crippen MR) is 114 cm³/mol. The van der Waals surface area contributed by atoms with Gasteiger partial charge in [0.05, 0.1) is 11.6 Å². The standard InChI is InChI=1S/C21H18ClFN2O4S/c1-2-29-18-10-8-17(9-11-18)25-30(27,28)20-13-14(3-12-19(20)22)21(26)24-16-6-4-15(23)5-7-16/h3-13,25H,2H2,1H3,(H,24,26). The van der Waals surface area contributed by atoms with Crippen molar-refractivity contribution in [2.24, 2.45) is 0 Å². The van der Waals surface area contributed by atoms with Crippen LogP contribution in [0.4, 0.5) is 15.8 Å². The van der Waals surface area contributed by atoms with E-state index in [2.05, 4.69) is 10.0 Å². The normalized spacial score (nSPS) is 11.0. The maximum Gasteiger partial charge on any atom is 0.263 e. The first kappa shape index (κ1) is 21.6. The highest BCUT2D eigenvalue weighted by molar-refractivity contribution is 7.92. The number of carbonyl (C=O) groups is 1. The van der Waals surface area contributed by atoms with Crippen molar-refractivity contribution in [3.05, 3.63) is 83.1 Å². The summed E-state index contributed by atoms with van der Waals surface area (Å²) in [6.45, 7) is 2.34. The number of nitrogens with one attached hydrogen (secondary N) is 2. The highest BCUT2D eigenvalue weighted by Crippen LogP contribution is 2.26. The fourth-order valence-corrected chi connectivity index (χ4v) is 4.17. The molecule has 0 fully saturated rings. The monoisotopic (exact) mass is 448 g/mol. The van der Waals surface area contributed by atoms with Crippen LogP contribution in [0.5, 0.6) is 5.75 Å². The molecule has 0 aromatic heterocycles. The molecule has 0 radical (unpaired) electrons. The first-order chi connectivity index (χ1) is 14.3. The third-order valence-electron chi connectivity index (χ3n) is 4.00. The van der Waals surface area contributed by atoms with E-state index in [0.717, 1.165) is 0 Å². The van der Waals surface area contributed by atoms with Crippen LogP contribution in [-0.4, -0.2) is 20.9 Å². The van der Waals surface area contributed by atoms with Gasteiger partial charge in [0.25, 0.3) is 15.9 Å². The zero-order valence-electron chi connectivity index (χ0n) is 15.9. The quantitative estimate of drug-likeness (QED) is 0.536. The largest absolute Gasteiger partial charge is 0.494 e. The lowest BCUT2D eigenvalue weighted by atomic mass is 10.2. The molecular weight excluding hydrogens is 431 g/mol. The summed E-state index contributed by atoms with van der Waals surface area (Å²) in [5.74, 6) is -0.387. The molecule has 30 heavy (non-hydrogen) atoms. The minimum absolute atomic E-state index is 0.0354. The number of benzene rings is 3. The summed E-state index contributed by atoms with van der Waals surface area (Å²) in [4.78, 5) is 12.2. The number of hydrogen-bond acceptors (Lipinski definition) is 4. The number of halogens is 2. The van der Waals surface area contributed by atoms with Gasteiger partial charge < -0.3 is 10.1 Å². The molecule has 6 nitrogen and oxygen atoms in total. The van der Waals surface area contributed by atoms with Crippen LogP contribution in [0.15, 0.2) is 71.6 Å². The zero-order chi connectivity index (χ0) is 21.7. The van der Waals surface area contributed by atoms with Crippen molar-refractivity contribution >= 4 is 38.9 Å². The Kier molecular flexibility index (Phi) is 6.59. The molecule has 0 bridgehead atoms. The Balaban J connectivity index is 1.82. The lowest BCUT2D eigenvalue weighted by Crippen LogP contribution is -2.16. The van der Waals surface area contributed by atoms with Gasteiger partial charge in [0.2, 0.25) is 0 Å². The summed E-state index contributed by atoms with van der Waals surface area (Å²) >= 11 is 6.08. The molecule has 0 aliphatic carbocycles. The van der Waals surface area contributed by atoms with Crippen LogP contribution < -0.4 is 14.8 Å². The molecule has 0 aliphatic heterocycles. The minimum Gasteiger partial charge on any atom is -0.494 e.